The van der Waals surface area contributed by atoms with Gasteiger partial charge in [0.2, 0.25) is 11.8 Å². The van der Waals surface area contributed by atoms with Gasteiger partial charge >= 0.3 is 0 Å². The Morgan fingerprint density at radius 2 is 1.85 bits per heavy atom. The van der Waals surface area contributed by atoms with Crippen LogP contribution in [0.15, 0.2) is 63.4 Å². The van der Waals surface area contributed by atoms with Crippen LogP contribution in [0.2, 0.25) is 5.02 Å². The molecule has 0 saturated carbocycles. The minimum Gasteiger partial charge on any atom is -0.420 e. The molecule has 5 nitrogen and oxygen atoms in total. The minimum atomic E-state index is 0.411. The topological polar surface area (TPSA) is 56.7 Å². The fourth-order valence-electron chi connectivity index (χ4n) is 2.23. The first kappa shape index (κ1) is 17.4. The number of nitrogens with zero attached hydrogens (tertiary/aromatic N) is 4. The van der Waals surface area contributed by atoms with Crippen molar-refractivity contribution in [3.05, 3.63) is 69.5 Å². The standard InChI is InChI=1S/C17H11ClN4OS3/c18-13-9-5-4-8-12(13)15-20-19-14(23-15)10-25-16-21-22(17(24)26-16)11-6-2-1-3-7-11/h1-9H,10H2. The second kappa shape index (κ2) is 7.71. The lowest BCUT2D eigenvalue weighted by Gasteiger charge is -1.98. The van der Waals surface area contributed by atoms with Crippen molar-refractivity contribution in [1.29, 1.82) is 0 Å². The molecule has 0 amide bonds. The predicted molar refractivity (Wildman–Crippen MR) is 107 cm³/mol. The molecule has 130 valence electrons. The molecule has 0 aliphatic carbocycles. The number of benzene rings is 2. The summed E-state index contributed by atoms with van der Waals surface area (Å²) in [4.78, 5) is 0. The summed E-state index contributed by atoms with van der Waals surface area (Å²) in [5, 5.41) is 13.3. The normalized spacial score (nSPS) is 11.0. The quantitative estimate of drug-likeness (QED) is 0.308. The molecule has 0 N–H and O–H groups in total. The first-order valence-electron chi connectivity index (χ1n) is 7.56. The van der Waals surface area contributed by atoms with E-state index in [4.69, 9.17) is 28.2 Å². The number of para-hydroxylation sites is 1. The van der Waals surface area contributed by atoms with Gasteiger partial charge in [-0.25, -0.2) is 4.68 Å². The van der Waals surface area contributed by atoms with E-state index in [0.29, 0.717) is 26.5 Å². The Hall–Kier alpha value is -2.00. The molecule has 0 atom stereocenters. The Morgan fingerprint density at radius 3 is 2.65 bits per heavy atom. The van der Waals surface area contributed by atoms with Gasteiger partial charge in [0.05, 0.1) is 22.0 Å². The van der Waals surface area contributed by atoms with Gasteiger partial charge in [0, 0.05) is 0 Å². The maximum Gasteiger partial charge on any atom is 0.249 e. The molecule has 0 bridgehead atoms. The molecule has 9 heteroatoms. The van der Waals surface area contributed by atoms with Crippen LogP contribution in [0.25, 0.3) is 17.1 Å². The zero-order valence-electron chi connectivity index (χ0n) is 13.2. The Kier molecular flexibility index (Phi) is 5.16. The molecule has 2 aromatic carbocycles. The van der Waals surface area contributed by atoms with E-state index in [9.17, 15) is 0 Å². The van der Waals surface area contributed by atoms with Crippen LogP contribution in [0.5, 0.6) is 0 Å². The number of hydrogen-bond donors (Lipinski definition) is 0. The third-order valence-electron chi connectivity index (χ3n) is 3.42. The molecule has 0 radical (unpaired) electrons. The number of thioether (sulfide) groups is 1. The first-order chi connectivity index (χ1) is 12.7. The first-order valence-corrected chi connectivity index (χ1v) is 10.2. The Balaban J connectivity index is 1.49. The van der Waals surface area contributed by atoms with Crippen molar-refractivity contribution < 1.29 is 4.42 Å². The van der Waals surface area contributed by atoms with Gasteiger partial charge in [0.1, 0.15) is 0 Å². The number of rotatable bonds is 5. The molecule has 4 rings (SSSR count). The monoisotopic (exact) mass is 418 g/mol. The lowest BCUT2D eigenvalue weighted by Crippen LogP contribution is -1.95. The summed E-state index contributed by atoms with van der Waals surface area (Å²) in [7, 11) is 0. The molecule has 0 aliphatic heterocycles. The van der Waals surface area contributed by atoms with E-state index in [1.165, 1.54) is 23.1 Å². The number of aromatic nitrogens is 4. The molecular weight excluding hydrogens is 408 g/mol. The highest BCUT2D eigenvalue weighted by atomic mass is 35.5. The van der Waals surface area contributed by atoms with E-state index >= 15 is 0 Å². The second-order valence-corrected chi connectivity index (χ2v) is 8.40. The van der Waals surface area contributed by atoms with E-state index in [2.05, 4.69) is 15.3 Å². The van der Waals surface area contributed by atoms with Crippen molar-refractivity contribution in [3.8, 4) is 17.1 Å². The van der Waals surface area contributed by atoms with Gasteiger partial charge in [0.25, 0.3) is 0 Å². The summed E-state index contributed by atoms with van der Waals surface area (Å²) in [6, 6.07) is 17.2. The van der Waals surface area contributed by atoms with Gasteiger partial charge in [-0.3, -0.25) is 0 Å². The van der Waals surface area contributed by atoms with Crippen LogP contribution in [0, 0.1) is 3.95 Å². The summed E-state index contributed by atoms with van der Waals surface area (Å²) >= 11 is 14.5. The van der Waals surface area contributed by atoms with E-state index in [1.807, 2.05) is 48.5 Å². The SMILES string of the molecule is S=c1sc(SCc2nnc(-c3ccccc3Cl)o2)nn1-c1ccccc1. The van der Waals surface area contributed by atoms with Crippen LogP contribution in [0.4, 0.5) is 0 Å². The molecule has 4 aromatic rings. The molecule has 0 unspecified atom stereocenters. The summed E-state index contributed by atoms with van der Waals surface area (Å²) in [6.07, 6.45) is 0. The second-order valence-electron chi connectivity index (χ2n) is 5.15. The van der Waals surface area contributed by atoms with Crippen LogP contribution in [-0.2, 0) is 5.75 Å². The van der Waals surface area contributed by atoms with Crippen LogP contribution in [-0.4, -0.2) is 20.0 Å². The smallest absolute Gasteiger partial charge is 0.249 e. The molecule has 0 spiro atoms. The molecule has 2 heterocycles. The molecule has 0 saturated heterocycles. The Bertz CT molecular complexity index is 1090. The van der Waals surface area contributed by atoms with Gasteiger partial charge < -0.3 is 4.42 Å². The lowest BCUT2D eigenvalue weighted by molar-refractivity contribution is 0.528. The summed E-state index contributed by atoms with van der Waals surface area (Å²) < 4.78 is 9.00. The summed E-state index contributed by atoms with van der Waals surface area (Å²) in [5.74, 6) is 1.43. The average molecular weight is 419 g/mol. The molecular formula is C17H11ClN4OS3. The maximum atomic E-state index is 6.16. The van der Waals surface area contributed by atoms with Crippen molar-refractivity contribution in [2.24, 2.45) is 0 Å². The Morgan fingerprint density at radius 1 is 1.08 bits per heavy atom. The number of halogens is 1. The highest BCUT2D eigenvalue weighted by Gasteiger charge is 2.13. The third-order valence-corrected chi connectivity index (χ3v) is 6.10. The highest BCUT2D eigenvalue weighted by molar-refractivity contribution is 8.00. The number of hydrogen-bond acceptors (Lipinski definition) is 7. The largest absolute Gasteiger partial charge is 0.420 e. The van der Waals surface area contributed by atoms with Crippen LogP contribution in [0.3, 0.4) is 0 Å². The zero-order chi connectivity index (χ0) is 17.9. The van der Waals surface area contributed by atoms with Crippen molar-refractivity contribution in [2.45, 2.75) is 10.1 Å². The summed E-state index contributed by atoms with van der Waals surface area (Å²) in [5.41, 5.74) is 1.67. The predicted octanol–water partition coefficient (Wildman–Crippen LogP) is 5.66. The van der Waals surface area contributed by atoms with E-state index in [1.54, 1.807) is 10.7 Å². The summed E-state index contributed by atoms with van der Waals surface area (Å²) in [6.45, 7) is 0. The third kappa shape index (κ3) is 3.73. The zero-order valence-corrected chi connectivity index (χ0v) is 16.4. The molecule has 26 heavy (non-hydrogen) atoms. The van der Waals surface area contributed by atoms with Gasteiger partial charge in [-0.15, -0.1) is 15.3 Å². The van der Waals surface area contributed by atoms with Gasteiger partial charge in [-0.2, -0.15) is 0 Å². The Labute approximate surface area is 167 Å². The molecule has 2 aromatic heterocycles. The minimum absolute atomic E-state index is 0.411. The van der Waals surface area contributed by atoms with Crippen molar-refractivity contribution in [2.75, 3.05) is 0 Å². The van der Waals surface area contributed by atoms with Gasteiger partial charge in [-0.1, -0.05) is 65.0 Å². The van der Waals surface area contributed by atoms with Crippen LogP contribution >= 0.6 is 46.9 Å². The van der Waals surface area contributed by atoms with Crippen LogP contribution in [0.1, 0.15) is 5.89 Å². The van der Waals surface area contributed by atoms with E-state index in [-0.39, 0.29) is 0 Å². The molecule has 0 fully saturated rings. The highest BCUT2D eigenvalue weighted by Crippen LogP contribution is 2.30. The molecule has 0 aliphatic rings. The van der Waals surface area contributed by atoms with E-state index < -0.39 is 0 Å². The fourth-order valence-corrected chi connectivity index (χ4v) is 4.65. The maximum absolute atomic E-state index is 6.16. The van der Waals surface area contributed by atoms with Crippen molar-refractivity contribution in [3.63, 3.8) is 0 Å². The van der Waals surface area contributed by atoms with Crippen molar-refractivity contribution >= 4 is 46.9 Å². The van der Waals surface area contributed by atoms with E-state index in [0.717, 1.165) is 15.6 Å². The van der Waals surface area contributed by atoms with Crippen LogP contribution < -0.4 is 0 Å². The average Bonchev–Trinajstić information content (AvgIpc) is 3.28. The van der Waals surface area contributed by atoms with Gasteiger partial charge in [0.15, 0.2) is 8.29 Å². The lowest BCUT2D eigenvalue weighted by atomic mass is 10.2. The van der Waals surface area contributed by atoms with Crippen molar-refractivity contribution in [1.82, 2.24) is 20.0 Å². The van der Waals surface area contributed by atoms with Gasteiger partial charge in [-0.05, 0) is 36.5 Å². The fraction of sp³-hybridized carbons (Fsp3) is 0.0588.